The zero-order chi connectivity index (χ0) is 18.0. The summed E-state index contributed by atoms with van der Waals surface area (Å²) in [4.78, 5) is 21.3. The predicted octanol–water partition coefficient (Wildman–Crippen LogP) is 1.89. The first-order chi connectivity index (χ1) is 12.0. The van der Waals surface area contributed by atoms with Gasteiger partial charge >= 0.3 is 0 Å². The Morgan fingerprint density at radius 3 is 2.88 bits per heavy atom. The van der Waals surface area contributed by atoms with Gasteiger partial charge in [-0.25, -0.2) is 4.98 Å². The number of aromatic nitrogens is 3. The first-order valence-electron chi connectivity index (χ1n) is 8.58. The maximum atomic E-state index is 12.9. The average Bonchev–Trinajstić information content (AvgIpc) is 3.02. The molecule has 3 rings (SSSR count). The van der Waals surface area contributed by atoms with E-state index in [9.17, 15) is 4.79 Å². The van der Waals surface area contributed by atoms with Crippen LogP contribution in [0.2, 0.25) is 0 Å². The van der Waals surface area contributed by atoms with E-state index in [-0.39, 0.29) is 12.0 Å². The van der Waals surface area contributed by atoms with Crippen molar-refractivity contribution in [3.8, 4) is 0 Å². The largest absolute Gasteiger partial charge is 0.368 e. The Labute approximate surface area is 148 Å². The van der Waals surface area contributed by atoms with Crippen molar-refractivity contribution in [2.75, 3.05) is 38.7 Å². The normalized spacial score (nSPS) is 17.6. The summed E-state index contributed by atoms with van der Waals surface area (Å²) < 4.78 is 7.67. The van der Waals surface area contributed by atoms with Crippen molar-refractivity contribution in [3.05, 3.63) is 41.3 Å². The number of hydrogen-bond acceptors (Lipinski definition) is 5. The van der Waals surface area contributed by atoms with Gasteiger partial charge in [-0.05, 0) is 26.0 Å². The summed E-state index contributed by atoms with van der Waals surface area (Å²) in [5, 5.41) is 4.37. The SMILES string of the molecule is CCn1cc(C(=O)N2CCO[C@H](c3cccc(N(C)C)n3)C2)c(C)n1. The van der Waals surface area contributed by atoms with E-state index in [2.05, 4.69) is 10.1 Å². The van der Waals surface area contributed by atoms with Gasteiger partial charge in [-0.15, -0.1) is 0 Å². The zero-order valence-electron chi connectivity index (χ0n) is 15.3. The molecule has 0 N–H and O–H groups in total. The van der Waals surface area contributed by atoms with Gasteiger partial charge in [0.25, 0.3) is 5.91 Å². The van der Waals surface area contributed by atoms with Crippen LogP contribution >= 0.6 is 0 Å². The second-order valence-corrected chi connectivity index (χ2v) is 6.41. The molecule has 1 fully saturated rings. The van der Waals surface area contributed by atoms with E-state index < -0.39 is 0 Å². The first kappa shape index (κ1) is 17.4. The van der Waals surface area contributed by atoms with Crippen LogP contribution in [-0.2, 0) is 11.3 Å². The molecule has 7 nitrogen and oxygen atoms in total. The van der Waals surface area contributed by atoms with Crippen LogP contribution in [0, 0.1) is 6.92 Å². The molecule has 0 saturated carbocycles. The Hall–Kier alpha value is -2.41. The Kier molecular flexibility index (Phi) is 5.03. The second kappa shape index (κ2) is 7.23. The molecule has 1 saturated heterocycles. The number of hydrogen-bond donors (Lipinski definition) is 0. The monoisotopic (exact) mass is 343 g/mol. The molecule has 1 aliphatic heterocycles. The van der Waals surface area contributed by atoms with E-state index >= 15 is 0 Å². The summed E-state index contributed by atoms with van der Waals surface area (Å²) in [6.45, 7) is 6.22. The van der Waals surface area contributed by atoms with Crippen LogP contribution in [-0.4, -0.2) is 59.4 Å². The molecule has 0 spiro atoms. The van der Waals surface area contributed by atoms with E-state index in [1.165, 1.54) is 0 Å². The van der Waals surface area contributed by atoms with Crippen LogP contribution < -0.4 is 4.90 Å². The van der Waals surface area contributed by atoms with Gasteiger partial charge in [0, 0.05) is 33.4 Å². The zero-order valence-corrected chi connectivity index (χ0v) is 15.3. The molecule has 2 aromatic rings. The number of rotatable bonds is 4. The van der Waals surface area contributed by atoms with E-state index in [1.807, 2.05) is 62.1 Å². The van der Waals surface area contributed by atoms with E-state index in [0.717, 1.165) is 23.8 Å². The van der Waals surface area contributed by atoms with Crippen molar-refractivity contribution >= 4 is 11.7 Å². The van der Waals surface area contributed by atoms with Crippen LogP contribution in [0.3, 0.4) is 0 Å². The Morgan fingerprint density at radius 1 is 1.40 bits per heavy atom. The molecule has 7 heteroatoms. The standard InChI is InChI=1S/C18H25N5O2/c1-5-23-11-14(13(2)20-23)18(24)22-9-10-25-16(12-22)15-7-6-8-17(19-15)21(3)4/h6-8,11,16H,5,9-10,12H2,1-4H3/t16-/m0/s1. The lowest BCUT2D eigenvalue weighted by Gasteiger charge is -2.32. The van der Waals surface area contributed by atoms with Gasteiger partial charge in [0.1, 0.15) is 11.9 Å². The minimum Gasteiger partial charge on any atom is -0.368 e. The Morgan fingerprint density at radius 2 is 2.20 bits per heavy atom. The third-order valence-electron chi connectivity index (χ3n) is 4.40. The highest BCUT2D eigenvalue weighted by atomic mass is 16.5. The van der Waals surface area contributed by atoms with Gasteiger partial charge in [-0.2, -0.15) is 5.10 Å². The molecule has 2 aromatic heterocycles. The number of morpholine rings is 1. The van der Waals surface area contributed by atoms with Gasteiger partial charge in [-0.3, -0.25) is 9.48 Å². The molecule has 1 atom stereocenters. The van der Waals surface area contributed by atoms with Crippen LogP contribution in [0.5, 0.6) is 0 Å². The topological polar surface area (TPSA) is 63.5 Å². The maximum Gasteiger partial charge on any atom is 0.257 e. The minimum absolute atomic E-state index is 0.00858. The number of carbonyl (C=O) groups is 1. The summed E-state index contributed by atoms with van der Waals surface area (Å²) in [6.07, 6.45) is 1.62. The number of amides is 1. The molecule has 3 heterocycles. The fraction of sp³-hybridized carbons (Fsp3) is 0.500. The number of nitrogens with zero attached hydrogens (tertiary/aromatic N) is 5. The lowest BCUT2D eigenvalue weighted by atomic mass is 10.1. The summed E-state index contributed by atoms with van der Waals surface area (Å²) in [6, 6.07) is 5.88. The van der Waals surface area contributed by atoms with Crippen molar-refractivity contribution in [1.82, 2.24) is 19.7 Å². The lowest BCUT2D eigenvalue weighted by molar-refractivity contribution is -0.0247. The highest BCUT2D eigenvalue weighted by Gasteiger charge is 2.28. The van der Waals surface area contributed by atoms with E-state index in [0.29, 0.717) is 25.3 Å². The molecule has 0 unspecified atom stereocenters. The van der Waals surface area contributed by atoms with Crippen molar-refractivity contribution in [2.45, 2.75) is 26.5 Å². The molecule has 0 aliphatic carbocycles. The van der Waals surface area contributed by atoms with Gasteiger partial charge < -0.3 is 14.5 Å². The number of ether oxygens (including phenoxy) is 1. The molecule has 0 bridgehead atoms. The van der Waals surface area contributed by atoms with Gasteiger partial charge in [0.15, 0.2) is 0 Å². The Bertz CT molecular complexity index is 756. The molecule has 0 radical (unpaired) electrons. The second-order valence-electron chi connectivity index (χ2n) is 6.41. The highest BCUT2D eigenvalue weighted by molar-refractivity contribution is 5.95. The van der Waals surface area contributed by atoms with Gasteiger partial charge in [-0.1, -0.05) is 6.07 Å². The lowest BCUT2D eigenvalue weighted by Crippen LogP contribution is -2.42. The Balaban J connectivity index is 1.77. The molecule has 134 valence electrons. The quantitative estimate of drug-likeness (QED) is 0.848. The molecular weight excluding hydrogens is 318 g/mol. The molecular formula is C18H25N5O2. The fourth-order valence-electron chi connectivity index (χ4n) is 2.94. The number of pyridine rings is 1. The van der Waals surface area contributed by atoms with E-state index in [1.54, 1.807) is 4.68 Å². The molecule has 25 heavy (non-hydrogen) atoms. The number of anilines is 1. The molecule has 1 aliphatic rings. The summed E-state index contributed by atoms with van der Waals surface area (Å²) >= 11 is 0. The van der Waals surface area contributed by atoms with Crippen LogP contribution in [0.25, 0.3) is 0 Å². The van der Waals surface area contributed by atoms with Crippen LogP contribution in [0.4, 0.5) is 5.82 Å². The van der Waals surface area contributed by atoms with Crippen molar-refractivity contribution < 1.29 is 9.53 Å². The fourth-order valence-corrected chi connectivity index (χ4v) is 2.94. The van der Waals surface area contributed by atoms with E-state index in [4.69, 9.17) is 4.74 Å². The van der Waals surface area contributed by atoms with Gasteiger partial charge in [0.05, 0.1) is 30.1 Å². The van der Waals surface area contributed by atoms with Crippen molar-refractivity contribution in [2.24, 2.45) is 0 Å². The third-order valence-corrected chi connectivity index (χ3v) is 4.40. The van der Waals surface area contributed by atoms with Crippen LogP contribution in [0.15, 0.2) is 24.4 Å². The predicted molar refractivity (Wildman–Crippen MR) is 95.8 cm³/mol. The van der Waals surface area contributed by atoms with Crippen molar-refractivity contribution in [3.63, 3.8) is 0 Å². The first-order valence-corrected chi connectivity index (χ1v) is 8.58. The number of aryl methyl sites for hydroxylation is 2. The smallest absolute Gasteiger partial charge is 0.257 e. The summed E-state index contributed by atoms with van der Waals surface area (Å²) in [5.41, 5.74) is 2.28. The average molecular weight is 343 g/mol. The highest BCUT2D eigenvalue weighted by Crippen LogP contribution is 2.24. The van der Waals surface area contributed by atoms with Crippen molar-refractivity contribution in [1.29, 1.82) is 0 Å². The van der Waals surface area contributed by atoms with Gasteiger partial charge in [0.2, 0.25) is 0 Å². The third kappa shape index (κ3) is 3.66. The molecule has 1 amide bonds. The maximum absolute atomic E-state index is 12.9. The minimum atomic E-state index is -0.209. The van der Waals surface area contributed by atoms with Crippen LogP contribution in [0.1, 0.15) is 34.8 Å². The summed E-state index contributed by atoms with van der Waals surface area (Å²) in [7, 11) is 3.91. The number of carbonyl (C=O) groups excluding carboxylic acids is 1. The molecule has 0 aromatic carbocycles. The summed E-state index contributed by atoms with van der Waals surface area (Å²) in [5.74, 6) is 0.888.